The minimum atomic E-state index is -0.221. The van der Waals surface area contributed by atoms with E-state index in [0.717, 1.165) is 39.0 Å². The van der Waals surface area contributed by atoms with E-state index in [1.54, 1.807) is 17.1 Å². The number of nitrogens with one attached hydrogen (secondary N) is 1. The smallest absolute Gasteiger partial charge is 0.254 e. The Morgan fingerprint density at radius 3 is 2.87 bits per heavy atom. The molecule has 31 heavy (non-hydrogen) atoms. The number of carbonyl (C=O) groups excluding carboxylic acids is 1. The van der Waals surface area contributed by atoms with Crippen molar-refractivity contribution >= 4 is 5.91 Å². The molecule has 0 unspecified atom stereocenters. The van der Waals surface area contributed by atoms with Gasteiger partial charge in [-0.1, -0.05) is 35.5 Å². The maximum Gasteiger partial charge on any atom is 0.254 e. The van der Waals surface area contributed by atoms with E-state index in [1.807, 2.05) is 19.9 Å². The lowest BCUT2D eigenvalue weighted by atomic mass is 9.80. The summed E-state index contributed by atoms with van der Waals surface area (Å²) in [6.45, 7) is 7.32. The first kappa shape index (κ1) is 19.9. The van der Waals surface area contributed by atoms with Gasteiger partial charge in [0, 0.05) is 38.4 Å². The number of carbonyl (C=O) groups is 1. The third-order valence-electron chi connectivity index (χ3n) is 6.70. The third kappa shape index (κ3) is 3.76. The lowest BCUT2D eigenvalue weighted by Crippen LogP contribution is -2.38. The summed E-state index contributed by atoms with van der Waals surface area (Å²) in [7, 11) is 0. The van der Waals surface area contributed by atoms with Gasteiger partial charge >= 0.3 is 0 Å². The number of likely N-dealkylation sites (tertiary alicyclic amines) is 1. The van der Waals surface area contributed by atoms with E-state index >= 15 is 0 Å². The molecule has 2 fully saturated rings. The normalized spacial score (nSPS) is 25.6. The molecule has 1 N–H and O–H groups in total. The fraction of sp³-hybridized carbons (Fsp3) is 0.478. The van der Waals surface area contributed by atoms with Crippen molar-refractivity contribution in [2.24, 2.45) is 5.92 Å². The van der Waals surface area contributed by atoms with Crippen LogP contribution in [0.3, 0.4) is 0 Å². The molecule has 1 aliphatic heterocycles. The number of nitrogens with zero attached hydrogens (tertiary/aromatic N) is 5. The van der Waals surface area contributed by atoms with E-state index in [2.05, 4.69) is 49.7 Å². The van der Waals surface area contributed by atoms with Gasteiger partial charge in [-0.2, -0.15) is 10.1 Å². The van der Waals surface area contributed by atoms with Gasteiger partial charge in [0.1, 0.15) is 0 Å². The summed E-state index contributed by atoms with van der Waals surface area (Å²) in [5, 5.41) is 11.5. The molecule has 2 aliphatic rings. The van der Waals surface area contributed by atoms with Gasteiger partial charge in [0.15, 0.2) is 5.82 Å². The summed E-state index contributed by atoms with van der Waals surface area (Å²) < 4.78 is 7.46. The van der Waals surface area contributed by atoms with Crippen LogP contribution in [-0.2, 0) is 18.5 Å². The number of aryl methyl sites for hydroxylation is 2. The molecule has 5 rings (SSSR count). The highest BCUT2D eigenvalue weighted by Gasteiger charge is 2.57. The number of hydrogen-bond acceptors (Lipinski definition) is 6. The van der Waals surface area contributed by atoms with Gasteiger partial charge in [-0.15, -0.1) is 0 Å². The largest absolute Gasteiger partial charge is 0.349 e. The molecule has 0 spiro atoms. The zero-order valence-electron chi connectivity index (χ0n) is 18.0. The van der Waals surface area contributed by atoms with E-state index in [9.17, 15) is 4.79 Å². The molecular weight excluding hydrogens is 392 g/mol. The Labute approximate surface area is 181 Å². The number of aromatic nitrogens is 4. The maximum absolute atomic E-state index is 12.8. The van der Waals surface area contributed by atoms with E-state index < -0.39 is 0 Å². The van der Waals surface area contributed by atoms with Crippen LogP contribution in [0.5, 0.6) is 0 Å². The maximum atomic E-state index is 12.8. The highest BCUT2D eigenvalue weighted by atomic mass is 16.5. The molecule has 0 radical (unpaired) electrons. The molecular formula is C23H28N6O2. The summed E-state index contributed by atoms with van der Waals surface area (Å²) in [6.07, 6.45) is 5.13. The molecule has 1 aliphatic carbocycles. The van der Waals surface area contributed by atoms with E-state index in [1.165, 1.54) is 5.56 Å². The second-order valence-corrected chi connectivity index (χ2v) is 8.85. The summed E-state index contributed by atoms with van der Waals surface area (Å²) >= 11 is 0. The molecule has 3 aromatic rings. The lowest BCUT2D eigenvalue weighted by Gasteiger charge is -2.25. The minimum absolute atomic E-state index is 0.0670. The molecule has 3 heterocycles. The van der Waals surface area contributed by atoms with Crippen molar-refractivity contribution in [3.63, 3.8) is 0 Å². The lowest BCUT2D eigenvalue weighted by molar-refractivity contribution is 0.0933. The summed E-state index contributed by atoms with van der Waals surface area (Å²) in [5.41, 5.74) is 1.69. The molecule has 1 amide bonds. The van der Waals surface area contributed by atoms with Crippen LogP contribution >= 0.6 is 0 Å². The van der Waals surface area contributed by atoms with Crippen molar-refractivity contribution in [2.75, 3.05) is 13.1 Å². The van der Waals surface area contributed by atoms with Gasteiger partial charge < -0.3 is 9.84 Å². The standard InChI is InChI=1S/C23H28N6O2/c1-3-29-13-18(11-24-29)21(30)26-20-9-19-14-28(12-17-7-5-4-6-8-17)15-23(19,10-20)22-25-16(2)27-31-22/h4-8,11,13,19-20H,3,9-10,12,14-15H2,1-2H3,(H,26,30)/t19-,20+,23-/m0/s1. The minimum Gasteiger partial charge on any atom is -0.349 e. The molecule has 2 aromatic heterocycles. The second kappa shape index (κ2) is 7.92. The molecule has 1 saturated heterocycles. The van der Waals surface area contributed by atoms with Crippen LogP contribution in [0, 0.1) is 12.8 Å². The van der Waals surface area contributed by atoms with Gasteiger partial charge in [-0.05, 0) is 38.2 Å². The van der Waals surface area contributed by atoms with Crippen molar-refractivity contribution in [1.82, 2.24) is 30.1 Å². The zero-order chi connectivity index (χ0) is 21.4. The Balaban J connectivity index is 1.34. The van der Waals surface area contributed by atoms with Crippen LogP contribution in [0.1, 0.15) is 47.4 Å². The van der Waals surface area contributed by atoms with Gasteiger partial charge in [-0.25, -0.2) is 0 Å². The molecule has 8 heteroatoms. The Morgan fingerprint density at radius 1 is 1.32 bits per heavy atom. The van der Waals surface area contributed by atoms with Gasteiger partial charge in [0.2, 0.25) is 5.89 Å². The SMILES string of the molecule is CCn1cc(C(=O)N[C@@H]2C[C@H]3CN(Cc4ccccc4)C[C@@]3(c3nc(C)no3)C2)cn1. The Morgan fingerprint density at radius 2 is 2.16 bits per heavy atom. The third-order valence-corrected chi connectivity index (χ3v) is 6.70. The Bertz CT molecular complexity index is 1060. The van der Waals surface area contributed by atoms with Crippen LogP contribution in [0.15, 0.2) is 47.2 Å². The number of benzene rings is 1. The first-order chi connectivity index (χ1) is 15.1. The molecule has 8 nitrogen and oxygen atoms in total. The number of fused-ring (bicyclic) bond motifs is 1. The predicted molar refractivity (Wildman–Crippen MR) is 114 cm³/mol. The fourth-order valence-electron chi connectivity index (χ4n) is 5.30. The molecule has 1 aromatic carbocycles. The van der Waals surface area contributed by atoms with Crippen LogP contribution in [0.2, 0.25) is 0 Å². The van der Waals surface area contributed by atoms with Crippen molar-refractivity contribution < 1.29 is 9.32 Å². The number of amides is 1. The molecule has 162 valence electrons. The highest BCUT2D eigenvalue weighted by Crippen LogP contribution is 2.50. The highest BCUT2D eigenvalue weighted by molar-refractivity contribution is 5.93. The Kier molecular flexibility index (Phi) is 5.09. The first-order valence-corrected chi connectivity index (χ1v) is 11.0. The first-order valence-electron chi connectivity index (χ1n) is 11.0. The summed E-state index contributed by atoms with van der Waals surface area (Å²) in [5.74, 6) is 1.66. The van der Waals surface area contributed by atoms with Gasteiger partial charge in [-0.3, -0.25) is 14.4 Å². The van der Waals surface area contributed by atoms with Crippen LogP contribution in [0.4, 0.5) is 0 Å². The van der Waals surface area contributed by atoms with Gasteiger partial charge in [0.25, 0.3) is 5.91 Å². The summed E-state index contributed by atoms with van der Waals surface area (Å²) in [4.78, 5) is 19.9. The molecule has 3 atom stereocenters. The van der Waals surface area contributed by atoms with Crippen molar-refractivity contribution in [3.05, 3.63) is 65.6 Å². The van der Waals surface area contributed by atoms with E-state index in [4.69, 9.17) is 4.52 Å². The van der Waals surface area contributed by atoms with Crippen molar-refractivity contribution in [2.45, 2.75) is 51.2 Å². The van der Waals surface area contributed by atoms with Crippen LogP contribution in [0.25, 0.3) is 0 Å². The quantitative estimate of drug-likeness (QED) is 0.659. The fourth-order valence-corrected chi connectivity index (χ4v) is 5.30. The molecule has 0 bridgehead atoms. The van der Waals surface area contributed by atoms with Gasteiger partial charge in [0.05, 0.1) is 17.2 Å². The van der Waals surface area contributed by atoms with Crippen LogP contribution in [-0.4, -0.2) is 49.9 Å². The molecule has 1 saturated carbocycles. The number of hydrogen-bond donors (Lipinski definition) is 1. The predicted octanol–water partition coefficient (Wildman–Crippen LogP) is 2.56. The second-order valence-electron chi connectivity index (χ2n) is 8.85. The average Bonchev–Trinajstić information content (AvgIpc) is 3.52. The van der Waals surface area contributed by atoms with Crippen molar-refractivity contribution in [3.8, 4) is 0 Å². The topological polar surface area (TPSA) is 89.1 Å². The summed E-state index contributed by atoms with van der Waals surface area (Å²) in [6, 6.07) is 10.6. The average molecular weight is 421 g/mol. The van der Waals surface area contributed by atoms with E-state index in [0.29, 0.717) is 23.2 Å². The number of rotatable bonds is 6. The van der Waals surface area contributed by atoms with Crippen LogP contribution < -0.4 is 5.32 Å². The monoisotopic (exact) mass is 420 g/mol. The Hall–Kier alpha value is -3.00. The zero-order valence-corrected chi connectivity index (χ0v) is 18.0. The van der Waals surface area contributed by atoms with E-state index in [-0.39, 0.29) is 17.4 Å². The van der Waals surface area contributed by atoms with Crippen molar-refractivity contribution in [1.29, 1.82) is 0 Å².